The molecule has 54 heavy (non-hydrogen) atoms. The molecule has 0 bridgehead atoms. The van der Waals surface area contributed by atoms with Crippen LogP contribution in [0.15, 0.2) is 24.3 Å². The number of carbonyl (C=O) groups is 6. The topological polar surface area (TPSA) is 370 Å². The van der Waals surface area contributed by atoms with E-state index in [4.69, 9.17) is 33.8 Å². The molecular formula is C33H57N13O8. The predicted molar refractivity (Wildman–Crippen MR) is 199 cm³/mol. The van der Waals surface area contributed by atoms with Gasteiger partial charge in [0, 0.05) is 33.0 Å². The molecule has 6 atom stereocenters. The predicted octanol–water partition coefficient (Wildman–Crippen LogP) is -4.75. The summed E-state index contributed by atoms with van der Waals surface area (Å²) >= 11 is 0. The molecule has 21 heteroatoms. The lowest BCUT2D eigenvalue weighted by Gasteiger charge is -2.32. The van der Waals surface area contributed by atoms with Crippen LogP contribution >= 0.6 is 0 Å². The molecule has 0 spiro atoms. The van der Waals surface area contributed by atoms with E-state index in [9.17, 15) is 39.0 Å². The number of likely N-dealkylation sites (N-methyl/N-ethyl adjacent to an activating group) is 2. The molecule has 302 valence electrons. The van der Waals surface area contributed by atoms with Crippen molar-refractivity contribution < 1.29 is 39.0 Å². The van der Waals surface area contributed by atoms with E-state index in [-0.39, 0.29) is 76.6 Å². The zero-order valence-corrected chi connectivity index (χ0v) is 30.9. The maximum atomic E-state index is 14.1. The molecule has 0 saturated heterocycles. The van der Waals surface area contributed by atoms with E-state index in [0.717, 1.165) is 4.90 Å². The van der Waals surface area contributed by atoms with Gasteiger partial charge in [0.1, 0.15) is 30.2 Å². The Balaban J connectivity index is 3.41. The van der Waals surface area contributed by atoms with Crippen molar-refractivity contribution in [2.24, 2.45) is 22.9 Å². The minimum Gasteiger partial charge on any atom is -0.392 e. The number of amides is 6. The molecule has 1 aromatic rings. The van der Waals surface area contributed by atoms with E-state index in [1.165, 1.54) is 21.0 Å². The van der Waals surface area contributed by atoms with Crippen LogP contribution < -0.4 is 54.8 Å². The van der Waals surface area contributed by atoms with Gasteiger partial charge < -0.3 is 69.9 Å². The van der Waals surface area contributed by atoms with Crippen LogP contribution in [0.1, 0.15) is 56.6 Å². The van der Waals surface area contributed by atoms with E-state index in [0.29, 0.717) is 11.1 Å². The minimum atomic E-state index is -1.43. The van der Waals surface area contributed by atoms with E-state index >= 15 is 0 Å². The third-order valence-electron chi connectivity index (χ3n) is 8.38. The Bertz CT molecular complexity index is 1440. The van der Waals surface area contributed by atoms with Gasteiger partial charge in [-0.05, 0) is 57.2 Å². The van der Waals surface area contributed by atoms with Gasteiger partial charge in [-0.2, -0.15) is 0 Å². The number of aliphatic hydroxyl groups is 2. The first-order valence-electron chi connectivity index (χ1n) is 17.4. The van der Waals surface area contributed by atoms with Gasteiger partial charge in [0.05, 0.1) is 12.7 Å². The number of hydrogen-bond acceptors (Lipinski definition) is 11. The third-order valence-corrected chi connectivity index (χ3v) is 8.38. The molecule has 0 aromatic heterocycles. The molecule has 0 saturated carbocycles. The Kier molecular flexibility index (Phi) is 20.6. The van der Waals surface area contributed by atoms with E-state index in [2.05, 4.69) is 31.9 Å². The van der Waals surface area contributed by atoms with Gasteiger partial charge in [-0.1, -0.05) is 24.3 Å². The van der Waals surface area contributed by atoms with Crippen LogP contribution in [-0.4, -0.2) is 126 Å². The fourth-order valence-corrected chi connectivity index (χ4v) is 5.39. The fourth-order valence-electron chi connectivity index (χ4n) is 5.39. The first-order valence-corrected chi connectivity index (χ1v) is 17.4. The molecule has 1 aromatic carbocycles. The molecule has 0 heterocycles. The van der Waals surface area contributed by atoms with Crippen molar-refractivity contribution in [1.29, 1.82) is 10.8 Å². The highest BCUT2D eigenvalue weighted by atomic mass is 16.3. The number of primary amides is 2. The molecule has 18 N–H and O–H groups in total. The van der Waals surface area contributed by atoms with Crippen LogP contribution in [0, 0.1) is 10.8 Å². The summed E-state index contributed by atoms with van der Waals surface area (Å²) in [4.78, 5) is 79.9. The van der Waals surface area contributed by atoms with Crippen molar-refractivity contribution in [2.45, 2.75) is 94.8 Å². The first-order chi connectivity index (χ1) is 25.4. The number of hydrogen-bond donors (Lipinski definition) is 14. The van der Waals surface area contributed by atoms with Crippen LogP contribution in [0.3, 0.4) is 0 Å². The minimum absolute atomic E-state index is 0.00113. The summed E-state index contributed by atoms with van der Waals surface area (Å²) in [6.07, 6.45) is -1.30. The van der Waals surface area contributed by atoms with Gasteiger partial charge in [-0.25, -0.2) is 0 Å². The van der Waals surface area contributed by atoms with Crippen LogP contribution in [0.4, 0.5) is 0 Å². The summed E-state index contributed by atoms with van der Waals surface area (Å²) in [6.45, 7) is 1.51. The van der Waals surface area contributed by atoms with Gasteiger partial charge in [0.25, 0.3) is 0 Å². The number of guanidine groups is 2. The molecule has 0 fully saturated rings. The number of carbonyl (C=O) groups excluding carboxylic acids is 6. The highest BCUT2D eigenvalue weighted by Crippen LogP contribution is 2.13. The van der Waals surface area contributed by atoms with Gasteiger partial charge in [-0.15, -0.1) is 0 Å². The lowest BCUT2D eigenvalue weighted by atomic mass is 10.0. The molecule has 0 radical (unpaired) electrons. The van der Waals surface area contributed by atoms with Crippen molar-refractivity contribution in [3.63, 3.8) is 0 Å². The first kappa shape index (κ1) is 46.5. The quantitative estimate of drug-likeness (QED) is 0.0253. The normalized spacial score (nSPS) is 14.2. The average Bonchev–Trinajstić information content (AvgIpc) is 3.10. The molecule has 0 aliphatic carbocycles. The Hall–Kier alpha value is -5.54. The third kappa shape index (κ3) is 16.9. The highest BCUT2D eigenvalue weighted by molar-refractivity contribution is 5.96. The van der Waals surface area contributed by atoms with E-state index in [1.54, 1.807) is 24.3 Å². The molecule has 1 rings (SSSR count). The van der Waals surface area contributed by atoms with Crippen LogP contribution in [-0.2, 0) is 41.8 Å². The molecule has 0 aliphatic rings. The summed E-state index contributed by atoms with van der Waals surface area (Å²) in [6, 6.07) is 0.408. The number of nitrogens with two attached hydrogens (primary N) is 4. The summed E-state index contributed by atoms with van der Waals surface area (Å²) in [5.41, 5.74) is 23.0. The Morgan fingerprint density at radius 2 is 1.28 bits per heavy atom. The summed E-state index contributed by atoms with van der Waals surface area (Å²) in [5.74, 6) is -5.36. The number of aliphatic hydroxyl groups excluding tert-OH is 2. The average molecular weight is 764 g/mol. The Labute approximate surface area is 314 Å². The van der Waals surface area contributed by atoms with E-state index in [1.807, 2.05) is 0 Å². The molecule has 0 aliphatic heterocycles. The van der Waals surface area contributed by atoms with Crippen LogP contribution in [0.5, 0.6) is 0 Å². The molecule has 6 amide bonds. The maximum absolute atomic E-state index is 14.1. The zero-order chi connectivity index (χ0) is 41.0. The zero-order valence-electron chi connectivity index (χ0n) is 30.9. The summed E-state index contributed by atoms with van der Waals surface area (Å²) < 4.78 is 0. The molecule has 21 nitrogen and oxygen atoms in total. The van der Waals surface area contributed by atoms with E-state index < -0.39 is 71.8 Å². The number of rotatable bonds is 25. The van der Waals surface area contributed by atoms with Crippen molar-refractivity contribution in [3.8, 4) is 0 Å². The van der Waals surface area contributed by atoms with Crippen molar-refractivity contribution in [2.75, 3.05) is 27.2 Å². The smallest absolute Gasteiger partial charge is 0.245 e. The lowest BCUT2D eigenvalue weighted by molar-refractivity contribution is -0.143. The molecular weight excluding hydrogens is 706 g/mol. The van der Waals surface area contributed by atoms with Gasteiger partial charge in [0.2, 0.25) is 35.4 Å². The van der Waals surface area contributed by atoms with Crippen LogP contribution in [0.2, 0.25) is 0 Å². The van der Waals surface area contributed by atoms with Gasteiger partial charge in [0.15, 0.2) is 11.9 Å². The maximum Gasteiger partial charge on any atom is 0.245 e. The second kappa shape index (κ2) is 23.9. The second-order valence-corrected chi connectivity index (χ2v) is 12.7. The largest absolute Gasteiger partial charge is 0.392 e. The number of nitrogens with zero attached hydrogens (tertiary/aromatic N) is 1. The number of nitrogens with one attached hydrogen (secondary N) is 8. The van der Waals surface area contributed by atoms with Crippen molar-refractivity contribution in [1.82, 2.24) is 36.8 Å². The Morgan fingerprint density at radius 3 is 1.76 bits per heavy atom. The van der Waals surface area contributed by atoms with Gasteiger partial charge >= 0.3 is 0 Å². The van der Waals surface area contributed by atoms with Crippen LogP contribution in [0.25, 0.3) is 0 Å². The van der Waals surface area contributed by atoms with Crippen molar-refractivity contribution in [3.05, 3.63) is 35.4 Å². The fraction of sp³-hybridized carbons (Fsp3) is 0.576. The number of benzene rings is 1. The van der Waals surface area contributed by atoms with Crippen molar-refractivity contribution >= 4 is 47.4 Å². The standard InChI is InChI=1S/C33H57N13O8/c1-18(48)26(40-2)30(53)43-21(6-4-14-41-32(36)37)28(51)44-22(12-13-25(34)49)31(54)46(3)24(7-5-15-42-33(38)39)29(52)45-23(27(35)50)16-19-8-10-20(17-47)11-9-19/h8-11,18,21-24,26,40,47-48H,4-7,12-17H2,1-3H3,(H2,34,49)(H2,35,50)(H,43,53)(H,44,51)(H,45,52)(H4,36,37,41)(H4,38,39,42)/t18-,21+,22+,23+,24+,26+/m1/s1. The monoisotopic (exact) mass is 763 g/mol. The molecule has 0 unspecified atom stereocenters. The summed E-state index contributed by atoms with van der Waals surface area (Å²) in [5, 5.41) is 49.7. The summed E-state index contributed by atoms with van der Waals surface area (Å²) in [7, 11) is 2.75. The SMILES string of the molecule is CN[C@H](C(=O)N[C@@H](CCCNC(=N)N)C(=O)N[C@@H](CCC(N)=O)C(=O)N(C)[C@@H](CCCNC(=N)N)C(=O)N[C@@H](Cc1ccc(CO)cc1)C(N)=O)[C@@H](C)O. The van der Waals surface area contributed by atoms with Gasteiger partial charge in [-0.3, -0.25) is 39.6 Å². The highest BCUT2D eigenvalue weighted by Gasteiger charge is 2.35. The second-order valence-electron chi connectivity index (χ2n) is 12.7. The Morgan fingerprint density at radius 1 is 0.759 bits per heavy atom. The lowest BCUT2D eigenvalue weighted by Crippen LogP contribution is -2.60.